The Labute approximate surface area is 230 Å². The third-order valence-corrected chi connectivity index (χ3v) is 8.26. The van der Waals surface area contributed by atoms with Crippen LogP contribution in [0.1, 0.15) is 31.4 Å². The van der Waals surface area contributed by atoms with Crippen LogP contribution in [0.15, 0.2) is 83.8 Å². The Balaban J connectivity index is 1.99. The number of hydrogen-bond donors (Lipinski definition) is 1. The lowest BCUT2D eigenvalue weighted by Crippen LogP contribution is -2.53. The van der Waals surface area contributed by atoms with Gasteiger partial charge in [0, 0.05) is 18.1 Å². The maximum atomic E-state index is 13.9. The van der Waals surface area contributed by atoms with E-state index >= 15 is 0 Å². The normalized spacial score (nSPS) is 12.0. The summed E-state index contributed by atoms with van der Waals surface area (Å²) in [7, 11) is -4.10. The molecule has 3 aromatic rings. The molecular weight excluding hydrogens is 522 g/mol. The number of nitrogens with zero attached hydrogens (tertiary/aromatic N) is 2. The molecule has 0 heterocycles. The number of amides is 2. The van der Waals surface area contributed by atoms with Crippen molar-refractivity contribution in [3.63, 3.8) is 0 Å². The molecule has 0 aliphatic carbocycles. The molecule has 202 valence electrons. The summed E-state index contributed by atoms with van der Waals surface area (Å²) in [5, 5.41) is 3.25. The number of rotatable bonds is 12. The van der Waals surface area contributed by atoms with Crippen LogP contribution in [0.4, 0.5) is 5.69 Å². The van der Waals surface area contributed by atoms with Crippen LogP contribution in [-0.2, 0) is 26.0 Å². The number of sulfonamides is 1. The Hall–Kier alpha value is -3.36. The number of anilines is 1. The van der Waals surface area contributed by atoms with Gasteiger partial charge in [-0.1, -0.05) is 66.6 Å². The van der Waals surface area contributed by atoms with Gasteiger partial charge in [-0.05, 0) is 68.7 Å². The molecule has 0 radical (unpaired) electrons. The van der Waals surface area contributed by atoms with Crippen LogP contribution in [0.25, 0.3) is 0 Å². The average molecular weight is 556 g/mol. The Kier molecular flexibility index (Phi) is 10.3. The predicted molar refractivity (Wildman–Crippen MR) is 152 cm³/mol. The van der Waals surface area contributed by atoms with Crippen molar-refractivity contribution in [3.8, 4) is 0 Å². The first-order valence-corrected chi connectivity index (χ1v) is 14.4. The number of halogens is 1. The van der Waals surface area contributed by atoms with Crippen molar-refractivity contribution in [2.75, 3.05) is 23.9 Å². The topological polar surface area (TPSA) is 86.8 Å². The SMILES string of the molecule is CCNC(=O)[C@@H](CC)N(CCc1ccccc1)C(=O)CN(c1ccc(Cl)cc1)S(=O)(=O)c1ccc(C)cc1. The zero-order valence-corrected chi connectivity index (χ0v) is 23.5. The van der Waals surface area contributed by atoms with Gasteiger partial charge in [0.05, 0.1) is 10.6 Å². The summed E-state index contributed by atoms with van der Waals surface area (Å²) in [5.41, 5.74) is 2.23. The molecule has 3 rings (SSSR count). The maximum absolute atomic E-state index is 13.9. The highest BCUT2D eigenvalue weighted by Crippen LogP contribution is 2.26. The highest BCUT2D eigenvalue weighted by atomic mass is 35.5. The zero-order chi connectivity index (χ0) is 27.7. The van der Waals surface area contributed by atoms with Gasteiger partial charge in [0.1, 0.15) is 12.6 Å². The van der Waals surface area contributed by atoms with Crippen LogP contribution in [0, 0.1) is 6.92 Å². The molecule has 0 saturated carbocycles. The summed E-state index contributed by atoms with van der Waals surface area (Å²) >= 11 is 6.06. The number of carbonyl (C=O) groups excluding carboxylic acids is 2. The van der Waals surface area contributed by atoms with Crippen molar-refractivity contribution in [3.05, 3.63) is 95.0 Å². The largest absolute Gasteiger partial charge is 0.355 e. The van der Waals surface area contributed by atoms with Crippen molar-refractivity contribution < 1.29 is 18.0 Å². The highest BCUT2D eigenvalue weighted by molar-refractivity contribution is 7.92. The van der Waals surface area contributed by atoms with Crippen molar-refractivity contribution in [2.45, 2.75) is 44.6 Å². The van der Waals surface area contributed by atoms with Crippen LogP contribution in [0.2, 0.25) is 5.02 Å². The van der Waals surface area contributed by atoms with E-state index in [2.05, 4.69) is 5.32 Å². The first-order chi connectivity index (χ1) is 18.2. The van der Waals surface area contributed by atoms with Gasteiger partial charge in [-0.25, -0.2) is 8.42 Å². The second kappa shape index (κ2) is 13.4. The van der Waals surface area contributed by atoms with E-state index in [4.69, 9.17) is 11.6 Å². The molecule has 0 fully saturated rings. The number of likely N-dealkylation sites (N-methyl/N-ethyl adjacent to an activating group) is 1. The first-order valence-electron chi connectivity index (χ1n) is 12.6. The number of aryl methyl sites for hydroxylation is 1. The summed E-state index contributed by atoms with van der Waals surface area (Å²) in [6.07, 6.45) is 0.909. The van der Waals surface area contributed by atoms with Gasteiger partial charge >= 0.3 is 0 Å². The Morgan fingerprint density at radius 3 is 2.13 bits per heavy atom. The van der Waals surface area contributed by atoms with E-state index < -0.39 is 28.5 Å². The van der Waals surface area contributed by atoms with Crippen molar-refractivity contribution in [1.29, 1.82) is 0 Å². The predicted octanol–water partition coefficient (Wildman–Crippen LogP) is 4.83. The minimum atomic E-state index is -4.10. The van der Waals surface area contributed by atoms with E-state index in [1.807, 2.05) is 51.1 Å². The molecule has 38 heavy (non-hydrogen) atoms. The molecule has 9 heteroatoms. The molecule has 0 aliphatic rings. The van der Waals surface area contributed by atoms with E-state index in [-0.39, 0.29) is 17.3 Å². The molecule has 0 bridgehead atoms. The zero-order valence-electron chi connectivity index (χ0n) is 21.9. The van der Waals surface area contributed by atoms with Crippen LogP contribution in [0.3, 0.4) is 0 Å². The molecule has 7 nitrogen and oxygen atoms in total. The highest BCUT2D eigenvalue weighted by Gasteiger charge is 2.33. The van der Waals surface area contributed by atoms with Gasteiger partial charge < -0.3 is 10.2 Å². The molecule has 0 aromatic heterocycles. The second-order valence-electron chi connectivity index (χ2n) is 8.94. The minimum absolute atomic E-state index is 0.0671. The van der Waals surface area contributed by atoms with Crippen molar-refractivity contribution >= 4 is 39.1 Å². The molecule has 1 atom stereocenters. The van der Waals surface area contributed by atoms with Gasteiger partial charge in [0.2, 0.25) is 11.8 Å². The van der Waals surface area contributed by atoms with Crippen LogP contribution >= 0.6 is 11.6 Å². The van der Waals surface area contributed by atoms with Crippen molar-refractivity contribution in [2.24, 2.45) is 0 Å². The molecule has 2 amide bonds. The van der Waals surface area contributed by atoms with Crippen LogP contribution in [-0.4, -0.2) is 50.8 Å². The third-order valence-electron chi connectivity index (χ3n) is 6.22. The monoisotopic (exact) mass is 555 g/mol. The molecule has 0 saturated heterocycles. The summed E-state index contributed by atoms with van der Waals surface area (Å²) in [6, 6.07) is 21.7. The molecule has 1 N–H and O–H groups in total. The molecule has 3 aromatic carbocycles. The molecule has 0 aliphatic heterocycles. The smallest absolute Gasteiger partial charge is 0.264 e. The van der Waals surface area contributed by atoms with E-state index in [0.717, 1.165) is 15.4 Å². The fourth-order valence-electron chi connectivity index (χ4n) is 4.16. The van der Waals surface area contributed by atoms with Gasteiger partial charge in [-0.3, -0.25) is 13.9 Å². The summed E-state index contributed by atoms with van der Waals surface area (Å²) < 4.78 is 28.6. The quantitative estimate of drug-likeness (QED) is 0.347. The molecule has 0 spiro atoms. The van der Waals surface area contributed by atoms with Gasteiger partial charge in [-0.15, -0.1) is 0 Å². The summed E-state index contributed by atoms with van der Waals surface area (Å²) in [4.78, 5) is 28.4. The standard InChI is InChI=1S/C29H34ClN3O4S/c1-4-27(29(35)31-5-2)32(20-19-23-9-7-6-8-10-23)28(34)21-33(25-15-13-24(30)14-16-25)38(36,37)26-17-11-22(3)12-18-26/h6-18,27H,4-5,19-21H2,1-3H3,(H,31,35)/t27-/m1/s1. The number of benzene rings is 3. The summed E-state index contributed by atoms with van der Waals surface area (Å²) in [6.45, 7) is 5.74. The van der Waals surface area contributed by atoms with Crippen molar-refractivity contribution in [1.82, 2.24) is 10.2 Å². The molecule has 0 unspecified atom stereocenters. The van der Waals surface area contributed by atoms with Gasteiger partial charge in [0.25, 0.3) is 10.0 Å². The summed E-state index contributed by atoms with van der Waals surface area (Å²) in [5.74, 6) is -0.736. The lowest BCUT2D eigenvalue weighted by molar-refractivity contribution is -0.139. The van der Waals surface area contributed by atoms with Gasteiger partial charge in [-0.2, -0.15) is 0 Å². The lowest BCUT2D eigenvalue weighted by atomic mass is 10.1. The van der Waals surface area contributed by atoms with E-state index in [9.17, 15) is 18.0 Å². The maximum Gasteiger partial charge on any atom is 0.264 e. The van der Waals surface area contributed by atoms with Crippen LogP contribution < -0.4 is 9.62 Å². The Bertz CT molecular complexity index is 1310. The van der Waals surface area contributed by atoms with E-state index in [1.165, 1.54) is 17.0 Å². The third kappa shape index (κ3) is 7.36. The second-order valence-corrected chi connectivity index (χ2v) is 11.2. The number of carbonyl (C=O) groups is 2. The van der Waals surface area contributed by atoms with Gasteiger partial charge in [0.15, 0.2) is 0 Å². The minimum Gasteiger partial charge on any atom is -0.355 e. The van der Waals surface area contributed by atoms with E-state index in [0.29, 0.717) is 30.1 Å². The molecular formula is C29H34ClN3O4S. The van der Waals surface area contributed by atoms with E-state index in [1.54, 1.807) is 36.4 Å². The Morgan fingerprint density at radius 1 is 0.921 bits per heavy atom. The fraction of sp³-hybridized carbons (Fsp3) is 0.310. The number of hydrogen-bond acceptors (Lipinski definition) is 4. The average Bonchev–Trinajstić information content (AvgIpc) is 2.91. The Morgan fingerprint density at radius 2 is 1.55 bits per heavy atom. The van der Waals surface area contributed by atoms with Crippen LogP contribution in [0.5, 0.6) is 0 Å². The first kappa shape index (κ1) is 29.2. The lowest BCUT2D eigenvalue weighted by Gasteiger charge is -2.33. The fourth-order valence-corrected chi connectivity index (χ4v) is 5.70. The number of nitrogens with one attached hydrogen (secondary N) is 1.